The molecule has 0 heterocycles. The van der Waals surface area contributed by atoms with Crippen molar-refractivity contribution in [1.82, 2.24) is 10.2 Å². The van der Waals surface area contributed by atoms with Crippen LogP contribution in [0.4, 0.5) is 5.69 Å². The van der Waals surface area contributed by atoms with Gasteiger partial charge < -0.3 is 15.0 Å². The largest absolute Gasteiger partial charge is 0.494 e. The van der Waals surface area contributed by atoms with Gasteiger partial charge in [-0.25, -0.2) is 8.42 Å². The molecule has 2 atom stereocenters. The van der Waals surface area contributed by atoms with Crippen molar-refractivity contribution in [1.29, 1.82) is 0 Å². The molecule has 48 heavy (non-hydrogen) atoms. The number of nitrogens with one attached hydrogen (secondary N) is 1. The second-order valence-corrected chi connectivity index (χ2v) is 14.3. The van der Waals surface area contributed by atoms with Gasteiger partial charge >= 0.3 is 0 Å². The van der Waals surface area contributed by atoms with Gasteiger partial charge in [-0.15, -0.1) is 0 Å². The lowest BCUT2D eigenvalue weighted by atomic mass is 10.0. The molecule has 4 aromatic carbocycles. The van der Waals surface area contributed by atoms with Gasteiger partial charge in [0.1, 0.15) is 18.3 Å². The quantitative estimate of drug-likeness (QED) is 0.135. The highest BCUT2D eigenvalue weighted by atomic mass is 35.5. The molecule has 2 unspecified atom stereocenters. The van der Waals surface area contributed by atoms with Gasteiger partial charge in [0, 0.05) is 24.0 Å². The van der Waals surface area contributed by atoms with E-state index in [1.165, 1.54) is 29.2 Å². The summed E-state index contributed by atoms with van der Waals surface area (Å²) in [6.45, 7) is 5.45. The standard InChI is InChI=1S/C36H38Cl3N3O5S/c1-4-25(3)40-36(44)34(22-26-9-7-6-8-10-26)41(23-27-11-20-32(38)33(39)21-27)35(43)24-42(29-14-16-30(17-15-29)47-5-2)48(45,46)31-18-12-28(37)13-19-31/h6-21,25,34H,4-5,22-24H2,1-3H3,(H,40,44). The number of halogens is 3. The molecule has 0 aliphatic heterocycles. The third-order valence-corrected chi connectivity index (χ3v) is 10.5. The van der Waals surface area contributed by atoms with Gasteiger partial charge in [-0.05, 0) is 92.1 Å². The zero-order valence-corrected chi connectivity index (χ0v) is 30.0. The van der Waals surface area contributed by atoms with E-state index in [2.05, 4.69) is 5.32 Å². The number of nitrogens with zero attached hydrogens (tertiary/aromatic N) is 2. The van der Waals surface area contributed by atoms with Crippen molar-refractivity contribution < 1.29 is 22.7 Å². The molecule has 0 aliphatic carbocycles. The third kappa shape index (κ3) is 9.66. The van der Waals surface area contributed by atoms with E-state index in [1.54, 1.807) is 42.5 Å². The number of carbonyl (C=O) groups is 2. The molecule has 0 saturated carbocycles. The Hall–Kier alpha value is -3.76. The van der Waals surface area contributed by atoms with Crippen LogP contribution in [0.5, 0.6) is 5.75 Å². The van der Waals surface area contributed by atoms with Gasteiger partial charge in [-0.1, -0.05) is 78.1 Å². The first-order valence-electron chi connectivity index (χ1n) is 15.5. The van der Waals surface area contributed by atoms with Crippen LogP contribution in [0.1, 0.15) is 38.3 Å². The molecule has 8 nitrogen and oxygen atoms in total. The van der Waals surface area contributed by atoms with Crippen molar-refractivity contribution in [2.45, 2.75) is 57.1 Å². The molecule has 0 fully saturated rings. The minimum Gasteiger partial charge on any atom is -0.494 e. The summed E-state index contributed by atoms with van der Waals surface area (Å²) >= 11 is 18.6. The van der Waals surface area contributed by atoms with Gasteiger partial charge in [0.25, 0.3) is 10.0 Å². The van der Waals surface area contributed by atoms with E-state index in [0.29, 0.717) is 34.4 Å². The van der Waals surface area contributed by atoms with Crippen LogP contribution in [0.2, 0.25) is 15.1 Å². The highest BCUT2D eigenvalue weighted by Crippen LogP contribution is 2.29. The maximum Gasteiger partial charge on any atom is 0.264 e. The second-order valence-electron chi connectivity index (χ2n) is 11.2. The molecule has 254 valence electrons. The van der Waals surface area contributed by atoms with Crippen LogP contribution in [-0.2, 0) is 32.6 Å². The molecule has 0 radical (unpaired) electrons. The number of benzene rings is 4. The van der Waals surface area contributed by atoms with Crippen molar-refractivity contribution in [3.05, 3.63) is 123 Å². The first-order valence-corrected chi connectivity index (χ1v) is 18.1. The number of amides is 2. The maximum atomic E-state index is 14.6. The van der Waals surface area contributed by atoms with Crippen molar-refractivity contribution >= 4 is 62.3 Å². The number of hydrogen-bond acceptors (Lipinski definition) is 5. The summed E-state index contributed by atoms with van der Waals surface area (Å²) in [7, 11) is -4.29. The zero-order valence-electron chi connectivity index (χ0n) is 26.9. The lowest BCUT2D eigenvalue weighted by molar-refractivity contribution is -0.140. The van der Waals surface area contributed by atoms with Crippen LogP contribution < -0.4 is 14.4 Å². The van der Waals surface area contributed by atoms with Crippen LogP contribution in [0.3, 0.4) is 0 Å². The van der Waals surface area contributed by atoms with Crippen LogP contribution in [-0.4, -0.2) is 50.4 Å². The fourth-order valence-electron chi connectivity index (χ4n) is 4.97. The Kier molecular flexibility index (Phi) is 13.2. The molecule has 0 aromatic heterocycles. The van der Waals surface area contributed by atoms with Crippen LogP contribution in [0, 0.1) is 0 Å². The van der Waals surface area contributed by atoms with Crippen LogP contribution in [0.25, 0.3) is 0 Å². The van der Waals surface area contributed by atoms with E-state index in [1.807, 2.05) is 51.1 Å². The molecule has 1 N–H and O–H groups in total. The summed E-state index contributed by atoms with van der Waals surface area (Å²) in [6, 6.07) is 25.3. The highest BCUT2D eigenvalue weighted by molar-refractivity contribution is 7.92. The monoisotopic (exact) mass is 729 g/mol. The highest BCUT2D eigenvalue weighted by Gasteiger charge is 2.35. The van der Waals surface area contributed by atoms with Gasteiger partial charge in [-0.3, -0.25) is 13.9 Å². The van der Waals surface area contributed by atoms with Crippen LogP contribution in [0.15, 0.2) is 102 Å². The maximum absolute atomic E-state index is 14.6. The summed E-state index contributed by atoms with van der Waals surface area (Å²) < 4.78 is 35.0. The third-order valence-electron chi connectivity index (χ3n) is 7.73. The van der Waals surface area contributed by atoms with Crippen molar-refractivity contribution in [3.8, 4) is 5.75 Å². The predicted octanol–water partition coefficient (Wildman–Crippen LogP) is 7.80. The molecule has 2 amide bonds. The number of rotatable bonds is 15. The second kappa shape index (κ2) is 17.1. The Morgan fingerprint density at radius 1 is 0.833 bits per heavy atom. The van der Waals surface area contributed by atoms with E-state index in [-0.39, 0.29) is 40.5 Å². The number of anilines is 1. The molecular weight excluding hydrogens is 693 g/mol. The fourth-order valence-corrected chi connectivity index (χ4v) is 6.83. The number of hydrogen-bond donors (Lipinski definition) is 1. The summed E-state index contributed by atoms with van der Waals surface area (Å²) in [6.07, 6.45) is 0.860. The molecule has 0 spiro atoms. The Balaban J connectivity index is 1.82. The van der Waals surface area contributed by atoms with Crippen molar-refractivity contribution in [3.63, 3.8) is 0 Å². The lowest BCUT2D eigenvalue weighted by Gasteiger charge is -2.34. The summed E-state index contributed by atoms with van der Waals surface area (Å²) in [5.74, 6) is -0.426. The van der Waals surface area contributed by atoms with Crippen molar-refractivity contribution in [2.75, 3.05) is 17.5 Å². The van der Waals surface area contributed by atoms with Crippen molar-refractivity contribution in [2.24, 2.45) is 0 Å². The number of carbonyl (C=O) groups excluding carboxylic acids is 2. The SMILES string of the molecule is CCOc1ccc(N(CC(=O)N(Cc2ccc(Cl)c(Cl)c2)C(Cc2ccccc2)C(=O)NC(C)CC)S(=O)(=O)c2ccc(Cl)cc2)cc1. The van der Waals surface area contributed by atoms with Gasteiger partial charge in [0.05, 0.1) is 27.2 Å². The number of ether oxygens (including phenoxy) is 1. The van der Waals surface area contributed by atoms with E-state index in [0.717, 1.165) is 9.87 Å². The Labute approximate surface area is 297 Å². The van der Waals surface area contributed by atoms with E-state index in [4.69, 9.17) is 39.5 Å². The zero-order chi connectivity index (χ0) is 34.8. The average Bonchev–Trinajstić information content (AvgIpc) is 3.07. The average molecular weight is 731 g/mol. The molecule has 4 aromatic rings. The molecular formula is C36H38Cl3N3O5S. The fraction of sp³-hybridized carbons (Fsp3) is 0.278. The number of sulfonamides is 1. The van der Waals surface area contributed by atoms with E-state index < -0.39 is 28.5 Å². The van der Waals surface area contributed by atoms with Gasteiger partial charge in [-0.2, -0.15) is 0 Å². The summed E-state index contributed by atoms with van der Waals surface area (Å²) in [4.78, 5) is 29.9. The molecule has 0 bridgehead atoms. The van der Waals surface area contributed by atoms with E-state index in [9.17, 15) is 18.0 Å². The van der Waals surface area contributed by atoms with Gasteiger partial charge in [0.2, 0.25) is 11.8 Å². The first-order chi connectivity index (χ1) is 22.9. The predicted molar refractivity (Wildman–Crippen MR) is 192 cm³/mol. The summed E-state index contributed by atoms with van der Waals surface area (Å²) in [5.41, 5.74) is 1.67. The van der Waals surface area contributed by atoms with Crippen LogP contribution >= 0.6 is 34.8 Å². The molecule has 0 aliphatic rings. The topological polar surface area (TPSA) is 96.0 Å². The van der Waals surface area contributed by atoms with E-state index >= 15 is 0 Å². The molecule has 4 rings (SSSR count). The minimum absolute atomic E-state index is 0.0424. The minimum atomic E-state index is -4.29. The van der Waals surface area contributed by atoms with Gasteiger partial charge in [0.15, 0.2) is 0 Å². The molecule has 0 saturated heterocycles. The lowest BCUT2D eigenvalue weighted by Crippen LogP contribution is -2.54. The summed E-state index contributed by atoms with van der Waals surface area (Å²) in [5, 5.41) is 4.00. The smallest absolute Gasteiger partial charge is 0.264 e. The Bertz CT molecular complexity index is 1790. The molecule has 12 heteroatoms. The first kappa shape index (κ1) is 37.1. The Morgan fingerprint density at radius 2 is 1.50 bits per heavy atom. The normalized spacial score (nSPS) is 12.5. The Morgan fingerprint density at radius 3 is 2.10 bits per heavy atom.